The maximum absolute atomic E-state index is 9.09. The van der Waals surface area contributed by atoms with E-state index in [1.165, 1.54) is 11.3 Å². The van der Waals surface area contributed by atoms with Crippen molar-refractivity contribution in [3.63, 3.8) is 0 Å². The number of nitrogens with one attached hydrogen (secondary N) is 1. The van der Waals surface area contributed by atoms with E-state index in [-0.39, 0.29) is 5.92 Å². The van der Waals surface area contributed by atoms with Crippen molar-refractivity contribution in [2.45, 2.75) is 19.8 Å². The third-order valence-corrected chi connectivity index (χ3v) is 4.87. The quantitative estimate of drug-likeness (QED) is 0.762. The summed E-state index contributed by atoms with van der Waals surface area (Å²) >= 11 is 0. The molecule has 0 bridgehead atoms. The van der Waals surface area contributed by atoms with Crippen molar-refractivity contribution in [2.24, 2.45) is 5.92 Å². The van der Waals surface area contributed by atoms with Crippen LogP contribution in [0.15, 0.2) is 54.9 Å². The van der Waals surface area contributed by atoms with E-state index in [0.717, 1.165) is 37.3 Å². The number of hydrogen-bond acceptors (Lipinski definition) is 5. The summed E-state index contributed by atoms with van der Waals surface area (Å²) in [5, 5.41) is 16.9. The number of anilines is 3. The molecule has 27 heavy (non-hydrogen) atoms. The van der Waals surface area contributed by atoms with Crippen LogP contribution >= 0.6 is 0 Å². The maximum atomic E-state index is 9.09. The second-order valence-electron chi connectivity index (χ2n) is 6.92. The summed E-state index contributed by atoms with van der Waals surface area (Å²) in [4.78, 5) is 6.72. The lowest BCUT2D eigenvalue weighted by molar-refractivity contribution is 0.488. The molecule has 0 spiro atoms. The molecule has 0 amide bonds. The second kappa shape index (κ2) is 7.50. The topological polar surface area (TPSA) is 69.8 Å². The molecule has 0 radical (unpaired) electrons. The van der Waals surface area contributed by atoms with Crippen molar-refractivity contribution < 1.29 is 0 Å². The molecule has 6 nitrogen and oxygen atoms in total. The Kier molecular flexibility index (Phi) is 4.75. The van der Waals surface area contributed by atoms with Gasteiger partial charge in [-0.25, -0.2) is 4.68 Å². The Balaban J connectivity index is 1.51. The van der Waals surface area contributed by atoms with Crippen molar-refractivity contribution in [2.75, 3.05) is 23.3 Å². The number of aromatic nitrogens is 3. The van der Waals surface area contributed by atoms with E-state index in [1.807, 2.05) is 30.3 Å². The van der Waals surface area contributed by atoms with Crippen LogP contribution in [0.5, 0.6) is 0 Å². The Hall–Kier alpha value is -3.33. The van der Waals surface area contributed by atoms with Crippen LogP contribution < -0.4 is 10.2 Å². The summed E-state index contributed by atoms with van der Waals surface area (Å²) in [6, 6.07) is 18.7. The molecular formula is C21H22N6. The summed E-state index contributed by atoms with van der Waals surface area (Å²) in [6.45, 7) is 3.93. The molecule has 2 heterocycles. The van der Waals surface area contributed by atoms with Crippen LogP contribution in [0, 0.1) is 24.2 Å². The Morgan fingerprint density at radius 2 is 1.85 bits per heavy atom. The fraction of sp³-hybridized carbons (Fsp3) is 0.286. The molecular weight excluding hydrogens is 336 g/mol. The van der Waals surface area contributed by atoms with E-state index in [9.17, 15) is 0 Å². The van der Waals surface area contributed by atoms with E-state index in [2.05, 4.69) is 51.5 Å². The molecule has 1 fully saturated rings. The average molecular weight is 358 g/mol. The average Bonchev–Trinajstić information content (AvgIpc) is 3.17. The highest BCUT2D eigenvalue weighted by Gasteiger charge is 2.19. The van der Waals surface area contributed by atoms with E-state index >= 15 is 0 Å². The molecule has 0 atom stereocenters. The first-order chi connectivity index (χ1) is 13.2. The Labute approximate surface area is 159 Å². The first-order valence-electron chi connectivity index (χ1n) is 9.21. The van der Waals surface area contributed by atoms with Crippen molar-refractivity contribution >= 4 is 17.3 Å². The molecule has 1 aromatic heterocycles. The third kappa shape index (κ3) is 3.93. The minimum Gasteiger partial charge on any atom is -0.371 e. The summed E-state index contributed by atoms with van der Waals surface area (Å²) in [5.74, 6) is 0.758. The lowest BCUT2D eigenvalue weighted by atomic mass is 9.98. The summed E-state index contributed by atoms with van der Waals surface area (Å²) in [6.07, 6.45) is 3.56. The lowest BCUT2D eigenvalue weighted by Gasteiger charge is -2.31. The molecule has 0 unspecified atom stereocenters. The van der Waals surface area contributed by atoms with Crippen LogP contribution in [0.25, 0.3) is 5.69 Å². The van der Waals surface area contributed by atoms with Gasteiger partial charge in [-0.1, -0.05) is 18.2 Å². The molecule has 136 valence electrons. The molecule has 4 rings (SSSR count). The molecule has 0 saturated carbocycles. The van der Waals surface area contributed by atoms with E-state index in [1.54, 1.807) is 11.0 Å². The van der Waals surface area contributed by atoms with Gasteiger partial charge in [0, 0.05) is 30.4 Å². The van der Waals surface area contributed by atoms with Crippen molar-refractivity contribution in [3.8, 4) is 11.8 Å². The minimum absolute atomic E-state index is 0.190. The molecule has 6 heteroatoms. The van der Waals surface area contributed by atoms with Crippen molar-refractivity contribution in [1.82, 2.24) is 14.8 Å². The zero-order valence-electron chi connectivity index (χ0n) is 15.3. The molecule has 2 aromatic carbocycles. The number of benzene rings is 2. The van der Waals surface area contributed by atoms with Gasteiger partial charge in [-0.2, -0.15) is 10.2 Å². The van der Waals surface area contributed by atoms with Gasteiger partial charge < -0.3 is 10.2 Å². The minimum atomic E-state index is 0.190. The number of rotatable bonds is 4. The normalized spacial score (nSPS) is 14.7. The Morgan fingerprint density at radius 3 is 2.59 bits per heavy atom. The maximum Gasteiger partial charge on any atom is 0.246 e. The molecule has 0 aliphatic carbocycles. The number of nitriles is 1. The van der Waals surface area contributed by atoms with Crippen LogP contribution in [0.1, 0.15) is 18.4 Å². The third-order valence-electron chi connectivity index (χ3n) is 4.87. The lowest BCUT2D eigenvalue weighted by Crippen LogP contribution is -2.33. The molecule has 1 saturated heterocycles. The van der Waals surface area contributed by atoms with Gasteiger partial charge in [0.2, 0.25) is 5.95 Å². The Bertz CT molecular complexity index is 948. The summed E-state index contributed by atoms with van der Waals surface area (Å²) in [7, 11) is 0. The van der Waals surface area contributed by atoms with Gasteiger partial charge in [0.15, 0.2) is 0 Å². The molecule has 1 aliphatic rings. The number of piperidine rings is 1. The predicted octanol–water partition coefficient (Wildman–Crippen LogP) is 4.06. The van der Waals surface area contributed by atoms with Gasteiger partial charge in [0.1, 0.15) is 6.33 Å². The van der Waals surface area contributed by atoms with Gasteiger partial charge in [-0.15, -0.1) is 5.10 Å². The standard InChI is InChI=1S/C21H22N6/c1-16-11-18(13-20(12-16)26-9-7-17(14-22)8-10-26)24-21-23-15-27(25-21)19-5-3-2-4-6-19/h2-6,11-13,15,17H,7-10H2,1H3,(H,24,25). The number of hydrogen-bond donors (Lipinski definition) is 1. The zero-order valence-corrected chi connectivity index (χ0v) is 15.3. The highest BCUT2D eigenvalue weighted by atomic mass is 15.4. The van der Waals surface area contributed by atoms with Gasteiger partial charge >= 0.3 is 0 Å². The molecule has 3 aromatic rings. The van der Waals surface area contributed by atoms with Gasteiger partial charge in [-0.3, -0.25) is 0 Å². The SMILES string of the molecule is Cc1cc(Nc2ncn(-c3ccccc3)n2)cc(N2CCC(C#N)CC2)c1. The summed E-state index contributed by atoms with van der Waals surface area (Å²) < 4.78 is 1.76. The number of para-hydroxylation sites is 1. The Morgan fingerprint density at radius 1 is 1.07 bits per heavy atom. The largest absolute Gasteiger partial charge is 0.371 e. The predicted molar refractivity (Wildman–Crippen MR) is 106 cm³/mol. The first kappa shape index (κ1) is 17.1. The van der Waals surface area contributed by atoms with Crippen molar-refractivity contribution in [3.05, 3.63) is 60.4 Å². The van der Waals surface area contributed by atoms with Gasteiger partial charge in [0.25, 0.3) is 0 Å². The van der Waals surface area contributed by atoms with E-state index in [0.29, 0.717) is 5.95 Å². The summed E-state index contributed by atoms with van der Waals surface area (Å²) in [5.41, 5.74) is 4.30. The second-order valence-corrected chi connectivity index (χ2v) is 6.92. The van der Waals surface area contributed by atoms with Crippen molar-refractivity contribution in [1.29, 1.82) is 5.26 Å². The van der Waals surface area contributed by atoms with E-state index in [4.69, 9.17) is 5.26 Å². The molecule has 1 N–H and O–H groups in total. The fourth-order valence-electron chi connectivity index (χ4n) is 3.44. The van der Waals surface area contributed by atoms with Gasteiger partial charge in [0.05, 0.1) is 11.8 Å². The van der Waals surface area contributed by atoms with Crippen LogP contribution in [-0.4, -0.2) is 27.9 Å². The number of nitrogens with zero attached hydrogens (tertiary/aromatic N) is 5. The first-order valence-corrected chi connectivity index (χ1v) is 9.21. The highest BCUT2D eigenvalue weighted by molar-refractivity contribution is 5.64. The zero-order chi connectivity index (χ0) is 18.6. The van der Waals surface area contributed by atoms with Crippen LogP contribution in [0.4, 0.5) is 17.3 Å². The monoisotopic (exact) mass is 358 g/mol. The fourth-order valence-corrected chi connectivity index (χ4v) is 3.44. The number of aryl methyl sites for hydroxylation is 1. The van der Waals surface area contributed by atoms with Crippen LogP contribution in [-0.2, 0) is 0 Å². The smallest absolute Gasteiger partial charge is 0.246 e. The van der Waals surface area contributed by atoms with E-state index < -0.39 is 0 Å². The van der Waals surface area contributed by atoms with Crippen LogP contribution in [0.2, 0.25) is 0 Å². The molecule has 1 aliphatic heterocycles. The van der Waals surface area contributed by atoms with Crippen LogP contribution in [0.3, 0.4) is 0 Å². The highest BCUT2D eigenvalue weighted by Crippen LogP contribution is 2.27. The van der Waals surface area contributed by atoms with Gasteiger partial charge in [-0.05, 0) is 55.7 Å².